The van der Waals surface area contributed by atoms with E-state index in [2.05, 4.69) is 323 Å². The minimum absolute atomic E-state index is 0.215. The van der Waals surface area contributed by atoms with Gasteiger partial charge in [-0.1, -0.05) is 196 Å². The second-order valence-electron chi connectivity index (χ2n) is 26.5. The quantitative estimate of drug-likeness (QED) is 0.160. The van der Waals surface area contributed by atoms with Crippen molar-refractivity contribution in [1.82, 2.24) is 28.2 Å². The summed E-state index contributed by atoms with van der Waals surface area (Å²) in [6.45, 7) is 4.71. The molecule has 21 rings (SSSR count). The monoisotopic (exact) mass is 1220 g/mol. The first-order valence-corrected chi connectivity index (χ1v) is 33.0. The summed E-state index contributed by atoms with van der Waals surface area (Å²) >= 11 is 0. The molecule has 0 spiro atoms. The number of hydrogen-bond donors (Lipinski definition) is 0. The van der Waals surface area contributed by atoms with Crippen molar-refractivity contribution in [2.75, 3.05) is 0 Å². The topological polar surface area (TPSA) is 58.6 Å². The summed E-state index contributed by atoms with van der Waals surface area (Å²) in [5.41, 5.74) is 24.4. The number of rotatable bonds is 7. The molecule has 6 heterocycles. The van der Waals surface area contributed by atoms with Crippen molar-refractivity contribution in [3.63, 3.8) is 0 Å². The first-order valence-electron chi connectivity index (χ1n) is 33.0. The molecular formula is C89H56N6O. The normalized spacial score (nSPS) is 13.0. The standard InChI is InChI=1S/C89H56N6O/c1-89(2)74-26-12-6-20-62(74)69-50-72-66-24-10-16-30-80(66)95(84(72)51-75(69)89)88-90-76(52-87(91-88)94-79-29-15-9-23-65(79)71-46-55(37-42-82(71)94)57-38-43-86-73(48-57)68-25-11-17-31-85(68)96-86)59-33-32-54-45-61(39-34-53(54)44-59)93-77-27-13-7-21-63(77)67-40-35-58(49-83(67)93)56-36-41-81-70(47-56)64-22-8-14-28-78(64)92(81)60-18-4-3-5-19-60/h3-52H,1-2H3. The highest BCUT2D eigenvalue weighted by Gasteiger charge is 2.36. The Morgan fingerprint density at radius 2 is 0.760 bits per heavy atom. The maximum Gasteiger partial charge on any atom is 0.237 e. The Kier molecular flexibility index (Phi) is 10.9. The maximum atomic E-state index is 6.28. The highest BCUT2D eigenvalue weighted by Crippen LogP contribution is 2.51. The summed E-state index contributed by atoms with van der Waals surface area (Å²) in [4.78, 5) is 11.5. The predicted molar refractivity (Wildman–Crippen MR) is 398 cm³/mol. The molecule has 0 fully saturated rings. The number of nitrogens with zero attached hydrogens (tertiary/aromatic N) is 6. The van der Waals surface area contributed by atoms with Gasteiger partial charge in [0.2, 0.25) is 5.95 Å². The van der Waals surface area contributed by atoms with Crippen molar-refractivity contribution in [3.05, 3.63) is 314 Å². The van der Waals surface area contributed by atoms with Gasteiger partial charge in [0.25, 0.3) is 0 Å². The van der Waals surface area contributed by atoms with Gasteiger partial charge >= 0.3 is 0 Å². The van der Waals surface area contributed by atoms with Crippen LogP contribution in [0, 0.1) is 0 Å². The minimum atomic E-state index is -0.215. The molecule has 0 atom stereocenters. The molecule has 0 saturated heterocycles. The van der Waals surface area contributed by atoms with Gasteiger partial charge in [0.05, 0.1) is 49.8 Å². The lowest BCUT2D eigenvalue weighted by Crippen LogP contribution is -2.15. The van der Waals surface area contributed by atoms with Crippen LogP contribution in [0.1, 0.15) is 25.0 Å². The fraction of sp³-hybridized carbons (Fsp3) is 0.0337. The summed E-state index contributed by atoms with van der Waals surface area (Å²) in [7, 11) is 0. The van der Waals surface area contributed by atoms with Crippen LogP contribution in [0.25, 0.3) is 188 Å². The average molecular weight is 1230 g/mol. The molecule has 96 heavy (non-hydrogen) atoms. The molecule has 7 heteroatoms. The molecule has 0 radical (unpaired) electrons. The zero-order valence-corrected chi connectivity index (χ0v) is 52.5. The van der Waals surface area contributed by atoms with Gasteiger partial charge in [-0.3, -0.25) is 9.13 Å². The lowest BCUT2D eigenvalue weighted by molar-refractivity contribution is 0.661. The van der Waals surface area contributed by atoms with Gasteiger partial charge in [-0.05, 0) is 171 Å². The largest absolute Gasteiger partial charge is 0.456 e. The van der Waals surface area contributed by atoms with Gasteiger partial charge in [0, 0.05) is 82.3 Å². The van der Waals surface area contributed by atoms with E-state index in [1.807, 2.05) is 12.1 Å². The fourth-order valence-corrected chi connectivity index (χ4v) is 16.4. The lowest BCUT2D eigenvalue weighted by Gasteiger charge is -2.21. The predicted octanol–water partition coefficient (Wildman–Crippen LogP) is 23.2. The van der Waals surface area contributed by atoms with E-state index < -0.39 is 0 Å². The van der Waals surface area contributed by atoms with E-state index in [9.17, 15) is 0 Å². The minimum Gasteiger partial charge on any atom is -0.456 e. The fourth-order valence-electron chi connectivity index (χ4n) is 16.4. The van der Waals surface area contributed by atoms with E-state index in [0.29, 0.717) is 5.95 Å². The molecule has 0 N–H and O–H groups in total. The van der Waals surface area contributed by atoms with Crippen LogP contribution >= 0.6 is 0 Å². The van der Waals surface area contributed by atoms with E-state index in [1.54, 1.807) is 0 Å². The zero-order chi connectivity index (χ0) is 63.1. The Balaban J connectivity index is 0.732. The highest BCUT2D eigenvalue weighted by molar-refractivity contribution is 6.15. The van der Waals surface area contributed by atoms with Crippen LogP contribution in [0.4, 0.5) is 0 Å². The summed E-state index contributed by atoms with van der Waals surface area (Å²) in [6.07, 6.45) is 0. The van der Waals surface area contributed by atoms with Crippen molar-refractivity contribution >= 4 is 120 Å². The van der Waals surface area contributed by atoms with Gasteiger partial charge in [-0.2, -0.15) is 4.98 Å². The molecule has 0 amide bonds. The molecular weight excluding hydrogens is 1170 g/mol. The average Bonchev–Trinajstić information content (AvgIpc) is 1.57. The van der Waals surface area contributed by atoms with Crippen molar-refractivity contribution < 1.29 is 4.42 Å². The van der Waals surface area contributed by atoms with Gasteiger partial charge in [0.15, 0.2) is 0 Å². The first-order chi connectivity index (χ1) is 47.3. The first kappa shape index (κ1) is 53.0. The van der Waals surface area contributed by atoms with Crippen molar-refractivity contribution in [2.45, 2.75) is 19.3 Å². The Hall–Kier alpha value is -12.6. The van der Waals surface area contributed by atoms with Crippen LogP contribution in [0.2, 0.25) is 0 Å². The van der Waals surface area contributed by atoms with Crippen LogP contribution < -0.4 is 0 Å². The van der Waals surface area contributed by atoms with Crippen molar-refractivity contribution in [3.8, 4) is 67.8 Å². The Morgan fingerprint density at radius 3 is 1.49 bits per heavy atom. The lowest BCUT2D eigenvalue weighted by atomic mass is 9.82. The van der Waals surface area contributed by atoms with E-state index in [4.69, 9.17) is 14.4 Å². The molecule has 1 aliphatic rings. The van der Waals surface area contributed by atoms with E-state index >= 15 is 0 Å². The van der Waals surface area contributed by atoms with Gasteiger partial charge < -0.3 is 13.6 Å². The summed E-state index contributed by atoms with van der Waals surface area (Å²) in [5, 5.41) is 14.0. The highest BCUT2D eigenvalue weighted by atomic mass is 16.3. The third-order valence-corrected chi connectivity index (χ3v) is 21.0. The van der Waals surface area contributed by atoms with Crippen LogP contribution in [0.3, 0.4) is 0 Å². The number of fused-ring (bicyclic) bond motifs is 19. The SMILES string of the molecule is CC1(C)c2ccccc2-c2cc3c4ccccc4n(-c4nc(-c5ccc6cc(-n7c8ccccc8c8ccc(-c9ccc%10c(c9)c9ccccc9n%10-c9ccccc9)cc87)ccc6c5)cc(-n5c6ccccc6c6cc(-c7ccc8oc9ccccc9c8c7)ccc65)n4)c3cc21. The smallest absolute Gasteiger partial charge is 0.237 e. The Bertz CT molecular complexity index is 6750. The number of furan rings is 1. The van der Waals surface area contributed by atoms with E-state index in [-0.39, 0.29) is 5.41 Å². The summed E-state index contributed by atoms with van der Waals surface area (Å²) in [5.74, 6) is 1.38. The number of benzene rings is 14. The molecule has 7 nitrogen and oxygen atoms in total. The van der Waals surface area contributed by atoms with E-state index in [0.717, 1.165) is 122 Å². The number of aromatic nitrogens is 6. The summed E-state index contributed by atoms with van der Waals surface area (Å²) in [6, 6.07) is 111. The van der Waals surface area contributed by atoms with Crippen LogP contribution in [0.15, 0.2) is 308 Å². The van der Waals surface area contributed by atoms with Gasteiger partial charge in [-0.15, -0.1) is 0 Å². The van der Waals surface area contributed by atoms with Crippen molar-refractivity contribution in [1.29, 1.82) is 0 Å². The summed E-state index contributed by atoms with van der Waals surface area (Å²) < 4.78 is 15.8. The van der Waals surface area contributed by atoms with E-state index in [1.165, 1.54) is 71.3 Å². The molecule has 0 unspecified atom stereocenters. The molecule has 0 aliphatic heterocycles. The maximum absolute atomic E-state index is 6.28. The molecule has 1 aliphatic carbocycles. The van der Waals surface area contributed by atoms with Crippen LogP contribution in [-0.2, 0) is 5.41 Å². The second kappa shape index (κ2) is 19.7. The van der Waals surface area contributed by atoms with Crippen LogP contribution in [-0.4, -0.2) is 28.2 Å². The van der Waals surface area contributed by atoms with Crippen LogP contribution in [0.5, 0.6) is 0 Å². The van der Waals surface area contributed by atoms with Crippen molar-refractivity contribution in [2.24, 2.45) is 0 Å². The number of hydrogen-bond acceptors (Lipinski definition) is 3. The molecule has 0 bridgehead atoms. The van der Waals surface area contributed by atoms with Gasteiger partial charge in [0.1, 0.15) is 17.0 Å². The third-order valence-electron chi connectivity index (χ3n) is 21.0. The molecule has 0 saturated carbocycles. The third kappa shape index (κ3) is 7.59. The molecule has 20 aromatic rings. The molecule has 14 aromatic carbocycles. The molecule has 6 aromatic heterocycles. The second-order valence-corrected chi connectivity index (χ2v) is 26.5. The molecule has 448 valence electrons. The Morgan fingerprint density at radius 1 is 0.271 bits per heavy atom. The van der Waals surface area contributed by atoms with Gasteiger partial charge in [-0.25, -0.2) is 4.98 Å². The Labute approximate surface area is 550 Å². The number of para-hydroxylation sites is 6. The zero-order valence-electron chi connectivity index (χ0n) is 52.5.